The molecule has 2 aromatic rings. The Hall–Kier alpha value is -2.74. The normalized spacial score (nSPS) is 14.8. The van der Waals surface area contributed by atoms with E-state index >= 15 is 0 Å². The van der Waals surface area contributed by atoms with E-state index in [4.69, 9.17) is 9.47 Å². The number of ether oxygens (including phenoxy) is 2. The molecule has 1 amide bonds. The second-order valence-electron chi connectivity index (χ2n) is 7.41. The van der Waals surface area contributed by atoms with Crippen molar-refractivity contribution in [3.8, 4) is 11.5 Å². The predicted molar refractivity (Wildman–Crippen MR) is 112 cm³/mol. The van der Waals surface area contributed by atoms with Crippen molar-refractivity contribution in [2.24, 2.45) is 5.92 Å². The lowest BCUT2D eigenvalue weighted by Crippen LogP contribution is -2.31. The first-order chi connectivity index (χ1) is 13.7. The van der Waals surface area contributed by atoms with Gasteiger partial charge >= 0.3 is 0 Å². The number of fused-ring (bicyclic) bond motifs is 1. The van der Waals surface area contributed by atoms with Gasteiger partial charge in [-0.05, 0) is 41.8 Å². The molecular weight excluding hydrogens is 392 g/mol. The molecule has 1 unspecified atom stereocenters. The van der Waals surface area contributed by atoms with Crippen LogP contribution in [0.2, 0.25) is 0 Å². The number of rotatable bonds is 6. The van der Waals surface area contributed by atoms with E-state index < -0.39 is 10.0 Å². The second kappa shape index (κ2) is 8.73. The number of nitrogens with one attached hydrogen (secondary N) is 2. The van der Waals surface area contributed by atoms with E-state index in [1.165, 1.54) is 6.07 Å². The molecular formula is C21H26N2O5S. The van der Waals surface area contributed by atoms with Gasteiger partial charge in [-0.1, -0.05) is 26.0 Å². The highest BCUT2D eigenvalue weighted by atomic mass is 32.2. The Morgan fingerprint density at radius 1 is 1.03 bits per heavy atom. The summed E-state index contributed by atoms with van der Waals surface area (Å²) in [6.07, 6.45) is 1.89. The van der Waals surface area contributed by atoms with Gasteiger partial charge in [0, 0.05) is 17.7 Å². The maximum absolute atomic E-state index is 12.9. The largest absolute Gasteiger partial charge is 0.490 e. The summed E-state index contributed by atoms with van der Waals surface area (Å²) in [6, 6.07) is 11.9. The molecule has 29 heavy (non-hydrogen) atoms. The van der Waals surface area contributed by atoms with E-state index in [1.54, 1.807) is 18.2 Å². The highest BCUT2D eigenvalue weighted by Crippen LogP contribution is 2.34. The van der Waals surface area contributed by atoms with Crippen molar-refractivity contribution in [3.05, 3.63) is 53.6 Å². The summed E-state index contributed by atoms with van der Waals surface area (Å²) in [5.41, 5.74) is 1.64. The zero-order chi connectivity index (χ0) is 21.0. The molecule has 0 fully saturated rings. The fraction of sp³-hybridized carbons (Fsp3) is 0.381. The number of hydrogen-bond donors (Lipinski definition) is 2. The van der Waals surface area contributed by atoms with Crippen LogP contribution in [0.15, 0.2) is 42.5 Å². The molecule has 0 bridgehead atoms. The standard InChI is InChI=1S/C21H26N2O5S/c1-14(2)20(15-8-9-18-19(13-15)28-11-5-10-27-18)22-21(24)16-6-4-7-17(12-16)23-29(3,25)26/h4,6-9,12-14,20,23H,5,10-11H2,1-3H3,(H,22,24). The summed E-state index contributed by atoms with van der Waals surface area (Å²) in [7, 11) is -3.42. The number of benzene rings is 2. The summed E-state index contributed by atoms with van der Waals surface area (Å²) < 4.78 is 36.7. The number of anilines is 1. The molecule has 3 rings (SSSR count). The predicted octanol–water partition coefficient (Wildman–Crippen LogP) is 3.35. The smallest absolute Gasteiger partial charge is 0.251 e. The Bertz CT molecular complexity index is 988. The van der Waals surface area contributed by atoms with Crippen molar-refractivity contribution >= 4 is 21.6 Å². The Balaban J connectivity index is 1.82. The maximum atomic E-state index is 12.9. The molecule has 0 radical (unpaired) electrons. The SMILES string of the molecule is CC(C)C(NC(=O)c1cccc(NS(C)(=O)=O)c1)c1ccc2c(c1)OCCCO2. The van der Waals surface area contributed by atoms with Crippen molar-refractivity contribution in [2.45, 2.75) is 26.3 Å². The van der Waals surface area contributed by atoms with E-state index in [0.29, 0.717) is 36.0 Å². The fourth-order valence-electron chi connectivity index (χ4n) is 3.17. The van der Waals surface area contributed by atoms with Crippen LogP contribution in [0.3, 0.4) is 0 Å². The minimum Gasteiger partial charge on any atom is -0.490 e. The van der Waals surface area contributed by atoms with Crippen molar-refractivity contribution < 1.29 is 22.7 Å². The first-order valence-electron chi connectivity index (χ1n) is 9.51. The number of sulfonamides is 1. The first kappa shape index (κ1) is 21.0. The number of carbonyl (C=O) groups is 1. The van der Waals surface area contributed by atoms with Crippen molar-refractivity contribution in [1.82, 2.24) is 5.32 Å². The number of hydrogen-bond acceptors (Lipinski definition) is 5. The topological polar surface area (TPSA) is 93.7 Å². The van der Waals surface area contributed by atoms with Gasteiger partial charge in [0.25, 0.3) is 5.91 Å². The molecule has 0 saturated carbocycles. The third-order valence-electron chi connectivity index (χ3n) is 4.51. The first-order valence-corrected chi connectivity index (χ1v) is 11.4. The van der Waals surface area contributed by atoms with Gasteiger partial charge in [-0.2, -0.15) is 0 Å². The molecule has 2 N–H and O–H groups in total. The van der Waals surface area contributed by atoms with E-state index in [9.17, 15) is 13.2 Å². The highest BCUT2D eigenvalue weighted by Gasteiger charge is 2.22. The summed E-state index contributed by atoms with van der Waals surface area (Å²) in [4.78, 5) is 12.9. The quantitative estimate of drug-likeness (QED) is 0.750. The molecule has 156 valence electrons. The lowest BCUT2D eigenvalue weighted by atomic mass is 9.95. The zero-order valence-electron chi connectivity index (χ0n) is 16.8. The van der Waals surface area contributed by atoms with E-state index in [-0.39, 0.29) is 17.9 Å². The van der Waals surface area contributed by atoms with Crippen LogP contribution in [0, 0.1) is 5.92 Å². The molecule has 8 heteroatoms. The van der Waals surface area contributed by atoms with Crippen LogP contribution >= 0.6 is 0 Å². The lowest BCUT2D eigenvalue weighted by Gasteiger charge is -2.24. The molecule has 0 aliphatic carbocycles. The van der Waals surface area contributed by atoms with Crippen molar-refractivity contribution in [3.63, 3.8) is 0 Å². The van der Waals surface area contributed by atoms with Gasteiger partial charge in [0.05, 0.1) is 25.5 Å². The third-order valence-corrected chi connectivity index (χ3v) is 5.12. The van der Waals surface area contributed by atoms with Gasteiger partial charge in [-0.3, -0.25) is 9.52 Å². The summed E-state index contributed by atoms with van der Waals surface area (Å²) in [5, 5.41) is 3.05. The van der Waals surface area contributed by atoms with Gasteiger partial charge in [-0.15, -0.1) is 0 Å². The van der Waals surface area contributed by atoms with E-state index in [0.717, 1.165) is 18.2 Å². The minimum atomic E-state index is -3.42. The number of amides is 1. The van der Waals surface area contributed by atoms with Crippen LogP contribution in [0.5, 0.6) is 11.5 Å². The average Bonchev–Trinajstić information content (AvgIpc) is 2.89. The van der Waals surface area contributed by atoms with Crippen LogP contribution in [0.1, 0.15) is 42.2 Å². The van der Waals surface area contributed by atoms with Gasteiger partial charge in [0.15, 0.2) is 11.5 Å². The van der Waals surface area contributed by atoms with Gasteiger partial charge in [0.2, 0.25) is 10.0 Å². The Kier molecular flexibility index (Phi) is 6.32. The number of carbonyl (C=O) groups excluding carboxylic acids is 1. The monoisotopic (exact) mass is 418 g/mol. The molecule has 1 atom stereocenters. The summed E-state index contributed by atoms with van der Waals surface area (Å²) >= 11 is 0. The molecule has 2 aromatic carbocycles. The molecule has 0 spiro atoms. The molecule has 1 aliphatic heterocycles. The second-order valence-corrected chi connectivity index (χ2v) is 9.16. The van der Waals surface area contributed by atoms with Crippen molar-refractivity contribution in [1.29, 1.82) is 0 Å². The Morgan fingerprint density at radius 2 is 1.76 bits per heavy atom. The van der Waals surface area contributed by atoms with Crippen LogP contribution in [0.4, 0.5) is 5.69 Å². The fourth-order valence-corrected chi connectivity index (χ4v) is 3.73. The summed E-state index contributed by atoms with van der Waals surface area (Å²) in [6.45, 7) is 5.26. The molecule has 7 nitrogen and oxygen atoms in total. The Morgan fingerprint density at radius 3 is 2.45 bits per heavy atom. The summed E-state index contributed by atoms with van der Waals surface area (Å²) in [5.74, 6) is 1.23. The van der Waals surface area contributed by atoms with E-state index in [1.807, 2.05) is 32.0 Å². The van der Waals surface area contributed by atoms with Crippen molar-refractivity contribution in [2.75, 3.05) is 24.2 Å². The van der Waals surface area contributed by atoms with Gasteiger partial charge < -0.3 is 14.8 Å². The van der Waals surface area contributed by atoms with Gasteiger partial charge in [0.1, 0.15) is 0 Å². The molecule has 1 aliphatic rings. The molecule has 0 aromatic heterocycles. The maximum Gasteiger partial charge on any atom is 0.251 e. The van der Waals surface area contributed by atoms with Crippen LogP contribution in [0.25, 0.3) is 0 Å². The third kappa shape index (κ3) is 5.63. The highest BCUT2D eigenvalue weighted by molar-refractivity contribution is 7.92. The Labute approximate surface area is 171 Å². The van der Waals surface area contributed by atoms with Crippen LogP contribution in [-0.4, -0.2) is 33.8 Å². The van der Waals surface area contributed by atoms with Gasteiger partial charge in [-0.25, -0.2) is 8.42 Å². The molecule has 0 saturated heterocycles. The average molecular weight is 419 g/mol. The van der Waals surface area contributed by atoms with Crippen LogP contribution < -0.4 is 19.5 Å². The van der Waals surface area contributed by atoms with E-state index in [2.05, 4.69) is 10.0 Å². The zero-order valence-corrected chi connectivity index (χ0v) is 17.6. The lowest BCUT2D eigenvalue weighted by molar-refractivity contribution is 0.0925. The van der Waals surface area contributed by atoms with Crippen LogP contribution in [-0.2, 0) is 10.0 Å². The molecule has 1 heterocycles. The minimum absolute atomic E-state index is 0.126.